The molecule has 1 heterocycles. The van der Waals surface area contributed by atoms with Crippen LogP contribution < -0.4 is 14.2 Å². The lowest BCUT2D eigenvalue weighted by atomic mass is 10.1. The van der Waals surface area contributed by atoms with Gasteiger partial charge in [0.15, 0.2) is 11.5 Å². The molecule has 1 atom stereocenters. The van der Waals surface area contributed by atoms with Gasteiger partial charge in [-0.05, 0) is 30.7 Å². The lowest BCUT2D eigenvalue weighted by Crippen LogP contribution is -2.28. The minimum atomic E-state index is -0.0428. The van der Waals surface area contributed by atoms with Gasteiger partial charge in [-0.1, -0.05) is 24.3 Å². The molecule has 138 valence electrons. The van der Waals surface area contributed by atoms with Crippen LogP contribution >= 0.6 is 11.8 Å². The summed E-state index contributed by atoms with van der Waals surface area (Å²) in [6.07, 6.45) is 0. The topological polar surface area (TPSA) is 48.0 Å². The number of ether oxygens (including phenoxy) is 3. The van der Waals surface area contributed by atoms with Crippen LogP contribution in [0.15, 0.2) is 42.5 Å². The Kier molecular flexibility index (Phi) is 5.93. The van der Waals surface area contributed by atoms with Crippen LogP contribution in [0, 0.1) is 0 Å². The predicted octanol–water partition coefficient (Wildman–Crippen LogP) is 3.88. The zero-order chi connectivity index (χ0) is 18.5. The van der Waals surface area contributed by atoms with Crippen LogP contribution in [0.1, 0.15) is 23.4 Å². The molecule has 3 rings (SSSR count). The number of benzene rings is 2. The number of hydrogen-bond donors (Lipinski definition) is 0. The van der Waals surface area contributed by atoms with Crippen molar-refractivity contribution in [3.8, 4) is 17.2 Å². The summed E-state index contributed by atoms with van der Waals surface area (Å²) in [5, 5.41) is -0.0428. The molecule has 26 heavy (non-hydrogen) atoms. The fraction of sp³-hybridized carbons (Fsp3) is 0.350. The van der Waals surface area contributed by atoms with Gasteiger partial charge in [0.2, 0.25) is 5.91 Å². The molecular weight excluding hydrogens is 350 g/mol. The van der Waals surface area contributed by atoms with E-state index in [1.807, 2.05) is 54.3 Å². The summed E-state index contributed by atoms with van der Waals surface area (Å²) in [4.78, 5) is 14.4. The van der Waals surface area contributed by atoms with Crippen molar-refractivity contribution in [3.63, 3.8) is 0 Å². The van der Waals surface area contributed by atoms with E-state index in [9.17, 15) is 4.79 Å². The summed E-state index contributed by atoms with van der Waals surface area (Å²) in [5.74, 6) is 2.74. The van der Waals surface area contributed by atoms with Crippen molar-refractivity contribution in [3.05, 3.63) is 53.6 Å². The number of amides is 1. The predicted molar refractivity (Wildman–Crippen MR) is 103 cm³/mol. The Morgan fingerprint density at radius 1 is 1.15 bits per heavy atom. The minimum absolute atomic E-state index is 0.0428. The molecule has 1 unspecified atom stereocenters. The van der Waals surface area contributed by atoms with Gasteiger partial charge < -0.3 is 19.1 Å². The van der Waals surface area contributed by atoms with Gasteiger partial charge in [-0.25, -0.2) is 0 Å². The summed E-state index contributed by atoms with van der Waals surface area (Å²) < 4.78 is 16.5. The van der Waals surface area contributed by atoms with Gasteiger partial charge in [-0.2, -0.15) is 0 Å². The fourth-order valence-corrected chi connectivity index (χ4v) is 4.26. The second-order valence-corrected chi connectivity index (χ2v) is 6.91. The molecule has 0 spiro atoms. The van der Waals surface area contributed by atoms with E-state index in [1.54, 1.807) is 26.0 Å². The second-order valence-electron chi connectivity index (χ2n) is 5.84. The Labute approximate surface area is 158 Å². The highest BCUT2D eigenvalue weighted by atomic mass is 32.2. The number of carbonyl (C=O) groups is 1. The number of thioether (sulfide) groups is 1. The highest BCUT2D eigenvalue weighted by Crippen LogP contribution is 2.42. The first-order valence-corrected chi connectivity index (χ1v) is 9.56. The van der Waals surface area contributed by atoms with Crippen molar-refractivity contribution in [1.29, 1.82) is 0 Å². The van der Waals surface area contributed by atoms with Crippen molar-refractivity contribution in [2.75, 3.05) is 26.6 Å². The van der Waals surface area contributed by atoms with Gasteiger partial charge >= 0.3 is 0 Å². The van der Waals surface area contributed by atoms with Crippen LogP contribution in [0.4, 0.5) is 0 Å². The molecule has 0 aromatic heterocycles. The van der Waals surface area contributed by atoms with E-state index < -0.39 is 0 Å². The number of rotatable bonds is 7. The van der Waals surface area contributed by atoms with E-state index in [2.05, 4.69) is 0 Å². The third-order valence-corrected chi connectivity index (χ3v) is 5.50. The SMILES string of the molecule is CCOc1cccc(C2SCC(=O)N2Cc2cccc(OC)c2OC)c1. The van der Waals surface area contributed by atoms with Crippen molar-refractivity contribution in [2.45, 2.75) is 18.8 Å². The summed E-state index contributed by atoms with van der Waals surface area (Å²) in [6, 6.07) is 13.7. The highest BCUT2D eigenvalue weighted by molar-refractivity contribution is 8.00. The number of hydrogen-bond acceptors (Lipinski definition) is 5. The van der Waals surface area contributed by atoms with Crippen molar-refractivity contribution >= 4 is 17.7 Å². The normalized spacial score (nSPS) is 16.7. The average molecular weight is 373 g/mol. The summed E-state index contributed by atoms with van der Waals surface area (Å²) in [5.41, 5.74) is 1.99. The molecule has 5 nitrogen and oxygen atoms in total. The average Bonchev–Trinajstić information content (AvgIpc) is 3.02. The molecule has 0 bridgehead atoms. The Morgan fingerprint density at radius 3 is 2.69 bits per heavy atom. The highest BCUT2D eigenvalue weighted by Gasteiger charge is 2.33. The Balaban J connectivity index is 1.89. The van der Waals surface area contributed by atoms with Gasteiger partial charge in [0.25, 0.3) is 0 Å². The standard InChI is InChI=1S/C20H23NO4S/c1-4-25-16-9-5-7-14(11-16)20-21(18(22)13-26-20)12-15-8-6-10-17(23-2)19(15)24-3/h5-11,20H,4,12-13H2,1-3H3. The molecule has 1 amide bonds. The van der Waals surface area contributed by atoms with E-state index >= 15 is 0 Å². The Bertz CT molecular complexity index is 780. The quantitative estimate of drug-likeness (QED) is 0.737. The summed E-state index contributed by atoms with van der Waals surface area (Å²) in [7, 11) is 3.23. The van der Waals surface area contributed by atoms with E-state index in [0.29, 0.717) is 30.4 Å². The van der Waals surface area contributed by atoms with Crippen LogP contribution in [-0.2, 0) is 11.3 Å². The first-order chi connectivity index (χ1) is 12.7. The van der Waals surface area contributed by atoms with Crippen LogP contribution in [-0.4, -0.2) is 37.4 Å². The molecule has 2 aromatic carbocycles. The largest absolute Gasteiger partial charge is 0.494 e. The summed E-state index contributed by atoms with van der Waals surface area (Å²) >= 11 is 1.63. The number of carbonyl (C=O) groups excluding carboxylic acids is 1. The van der Waals surface area contributed by atoms with E-state index in [-0.39, 0.29) is 11.3 Å². The van der Waals surface area contributed by atoms with Crippen molar-refractivity contribution < 1.29 is 19.0 Å². The maximum atomic E-state index is 12.5. The first-order valence-electron chi connectivity index (χ1n) is 8.51. The monoisotopic (exact) mass is 373 g/mol. The van der Waals surface area contributed by atoms with E-state index in [4.69, 9.17) is 14.2 Å². The van der Waals surface area contributed by atoms with Crippen LogP contribution in [0.5, 0.6) is 17.2 Å². The van der Waals surface area contributed by atoms with Gasteiger partial charge in [0.1, 0.15) is 11.1 Å². The fourth-order valence-electron chi connectivity index (χ4n) is 3.09. The number of methoxy groups -OCH3 is 2. The molecule has 0 saturated carbocycles. The van der Waals surface area contributed by atoms with Gasteiger partial charge in [0.05, 0.1) is 33.1 Å². The van der Waals surface area contributed by atoms with E-state index in [1.165, 1.54) is 0 Å². The van der Waals surface area contributed by atoms with E-state index in [0.717, 1.165) is 16.9 Å². The molecule has 1 saturated heterocycles. The second kappa shape index (κ2) is 8.36. The zero-order valence-electron chi connectivity index (χ0n) is 15.2. The molecule has 2 aromatic rings. The van der Waals surface area contributed by atoms with Crippen molar-refractivity contribution in [1.82, 2.24) is 4.90 Å². The Morgan fingerprint density at radius 2 is 1.96 bits per heavy atom. The van der Waals surface area contributed by atoms with Crippen LogP contribution in [0.2, 0.25) is 0 Å². The molecule has 1 fully saturated rings. The number of nitrogens with zero attached hydrogens (tertiary/aromatic N) is 1. The lowest BCUT2D eigenvalue weighted by molar-refractivity contribution is -0.128. The number of para-hydroxylation sites is 1. The van der Waals surface area contributed by atoms with Gasteiger partial charge in [-0.3, -0.25) is 4.79 Å². The molecule has 6 heteroatoms. The first kappa shape index (κ1) is 18.5. The summed E-state index contributed by atoms with van der Waals surface area (Å²) in [6.45, 7) is 3.04. The molecule has 0 radical (unpaired) electrons. The maximum Gasteiger partial charge on any atom is 0.234 e. The van der Waals surface area contributed by atoms with Crippen LogP contribution in [0.3, 0.4) is 0 Å². The molecular formula is C20H23NO4S. The third kappa shape index (κ3) is 3.75. The zero-order valence-corrected chi connectivity index (χ0v) is 16.0. The molecule has 1 aliphatic heterocycles. The molecule has 0 aliphatic carbocycles. The van der Waals surface area contributed by atoms with Crippen LogP contribution in [0.25, 0.3) is 0 Å². The minimum Gasteiger partial charge on any atom is -0.494 e. The molecule has 0 N–H and O–H groups in total. The lowest BCUT2D eigenvalue weighted by Gasteiger charge is -2.25. The van der Waals surface area contributed by atoms with Gasteiger partial charge in [0, 0.05) is 5.56 Å². The smallest absolute Gasteiger partial charge is 0.234 e. The van der Waals surface area contributed by atoms with Gasteiger partial charge in [-0.15, -0.1) is 11.8 Å². The molecule has 1 aliphatic rings. The maximum absolute atomic E-state index is 12.5. The Hall–Kier alpha value is -2.34. The third-order valence-electron chi connectivity index (χ3n) is 4.25. The van der Waals surface area contributed by atoms with Crippen molar-refractivity contribution in [2.24, 2.45) is 0 Å².